The van der Waals surface area contributed by atoms with Crippen LogP contribution in [0.2, 0.25) is 0 Å². The van der Waals surface area contributed by atoms with Gasteiger partial charge >= 0.3 is 0 Å². The van der Waals surface area contributed by atoms with Crippen LogP contribution >= 0.6 is 0 Å². The molecule has 3 rings (SSSR count). The Morgan fingerprint density at radius 3 is 2.78 bits per heavy atom. The topological polar surface area (TPSA) is 21.3 Å². The smallest absolute Gasteiger partial charge is 0.119 e. The first-order chi connectivity index (χ1) is 8.78. The van der Waals surface area contributed by atoms with E-state index in [1.165, 1.54) is 27.9 Å². The standard InChI is InChI=1S/C16H17NO/c1-11-9-14(18-2)4-5-15(11)12-3-6-16-13(10-12)7-8-17-16/h3-6,9-10,17H,7-8H2,1-2H3. The number of aryl methyl sites for hydroxylation is 1. The van der Waals surface area contributed by atoms with Gasteiger partial charge in [0.15, 0.2) is 0 Å². The Bertz CT molecular complexity index is 590. The fourth-order valence-electron chi connectivity index (χ4n) is 2.56. The van der Waals surface area contributed by atoms with E-state index >= 15 is 0 Å². The average molecular weight is 239 g/mol. The van der Waals surface area contributed by atoms with E-state index in [0.29, 0.717) is 0 Å². The zero-order chi connectivity index (χ0) is 12.5. The molecule has 2 nitrogen and oxygen atoms in total. The molecule has 2 aromatic rings. The highest BCUT2D eigenvalue weighted by molar-refractivity contribution is 5.72. The largest absolute Gasteiger partial charge is 0.497 e. The first-order valence-electron chi connectivity index (χ1n) is 6.30. The molecule has 2 heteroatoms. The summed E-state index contributed by atoms with van der Waals surface area (Å²) in [6, 6.07) is 12.9. The van der Waals surface area contributed by atoms with Gasteiger partial charge in [-0.15, -0.1) is 0 Å². The molecule has 18 heavy (non-hydrogen) atoms. The van der Waals surface area contributed by atoms with E-state index in [2.05, 4.69) is 42.6 Å². The molecule has 0 saturated heterocycles. The van der Waals surface area contributed by atoms with Gasteiger partial charge in [0.25, 0.3) is 0 Å². The molecular formula is C16H17NO. The molecule has 0 atom stereocenters. The number of benzene rings is 2. The summed E-state index contributed by atoms with van der Waals surface area (Å²) in [5.74, 6) is 0.916. The molecule has 2 aromatic carbocycles. The summed E-state index contributed by atoms with van der Waals surface area (Å²) in [4.78, 5) is 0. The Morgan fingerprint density at radius 1 is 1.11 bits per heavy atom. The molecule has 0 aliphatic carbocycles. The van der Waals surface area contributed by atoms with Crippen LogP contribution < -0.4 is 10.1 Å². The molecule has 1 N–H and O–H groups in total. The second-order valence-corrected chi connectivity index (χ2v) is 4.73. The van der Waals surface area contributed by atoms with Crippen LogP contribution in [0.25, 0.3) is 11.1 Å². The van der Waals surface area contributed by atoms with Gasteiger partial charge in [-0.3, -0.25) is 0 Å². The van der Waals surface area contributed by atoms with Crippen LogP contribution in [0.15, 0.2) is 36.4 Å². The monoisotopic (exact) mass is 239 g/mol. The maximum Gasteiger partial charge on any atom is 0.119 e. The molecular weight excluding hydrogens is 222 g/mol. The predicted molar refractivity (Wildman–Crippen MR) is 75.4 cm³/mol. The van der Waals surface area contributed by atoms with Crippen LogP contribution in [0, 0.1) is 6.92 Å². The zero-order valence-corrected chi connectivity index (χ0v) is 10.8. The van der Waals surface area contributed by atoms with Crippen LogP contribution in [0.5, 0.6) is 5.75 Å². The summed E-state index contributed by atoms with van der Waals surface area (Å²) < 4.78 is 5.25. The minimum absolute atomic E-state index is 0.916. The summed E-state index contributed by atoms with van der Waals surface area (Å²) in [5, 5.41) is 3.39. The highest BCUT2D eigenvalue weighted by Gasteiger charge is 2.11. The third-order valence-electron chi connectivity index (χ3n) is 3.56. The quantitative estimate of drug-likeness (QED) is 0.864. The fourth-order valence-corrected chi connectivity index (χ4v) is 2.56. The van der Waals surface area contributed by atoms with Gasteiger partial charge in [-0.05, 0) is 59.9 Å². The summed E-state index contributed by atoms with van der Waals surface area (Å²) in [6.07, 6.45) is 1.12. The maximum atomic E-state index is 5.25. The molecule has 0 radical (unpaired) electrons. The summed E-state index contributed by atoms with van der Waals surface area (Å²) in [6.45, 7) is 3.18. The normalized spacial score (nSPS) is 13.0. The fraction of sp³-hybridized carbons (Fsp3) is 0.250. The van der Waals surface area contributed by atoms with Crippen molar-refractivity contribution in [1.29, 1.82) is 0 Å². The van der Waals surface area contributed by atoms with Crippen molar-refractivity contribution in [3.8, 4) is 16.9 Å². The second kappa shape index (κ2) is 4.37. The molecule has 0 unspecified atom stereocenters. The Morgan fingerprint density at radius 2 is 2.00 bits per heavy atom. The highest BCUT2D eigenvalue weighted by atomic mass is 16.5. The van der Waals surface area contributed by atoms with E-state index in [0.717, 1.165) is 18.7 Å². The first kappa shape index (κ1) is 11.1. The second-order valence-electron chi connectivity index (χ2n) is 4.73. The van der Waals surface area contributed by atoms with Crippen molar-refractivity contribution in [3.63, 3.8) is 0 Å². The third kappa shape index (κ3) is 1.84. The Hall–Kier alpha value is -1.96. The van der Waals surface area contributed by atoms with Gasteiger partial charge < -0.3 is 10.1 Å². The van der Waals surface area contributed by atoms with E-state index < -0.39 is 0 Å². The van der Waals surface area contributed by atoms with Gasteiger partial charge in [-0.1, -0.05) is 12.1 Å². The van der Waals surface area contributed by atoms with Crippen LogP contribution in [0.4, 0.5) is 5.69 Å². The van der Waals surface area contributed by atoms with Crippen LogP contribution in [-0.4, -0.2) is 13.7 Å². The van der Waals surface area contributed by atoms with Gasteiger partial charge in [0.2, 0.25) is 0 Å². The molecule has 0 saturated carbocycles. The zero-order valence-electron chi connectivity index (χ0n) is 10.8. The van der Waals surface area contributed by atoms with Gasteiger partial charge in [0.05, 0.1) is 7.11 Å². The average Bonchev–Trinajstić information content (AvgIpc) is 2.85. The third-order valence-corrected chi connectivity index (χ3v) is 3.56. The van der Waals surface area contributed by atoms with Crippen LogP contribution in [-0.2, 0) is 6.42 Å². The van der Waals surface area contributed by atoms with E-state index in [1.807, 2.05) is 6.07 Å². The number of nitrogens with one attached hydrogen (secondary N) is 1. The lowest BCUT2D eigenvalue weighted by Gasteiger charge is -2.10. The van der Waals surface area contributed by atoms with Crippen molar-refractivity contribution in [2.24, 2.45) is 0 Å². The number of ether oxygens (including phenoxy) is 1. The lowest BCUT2D eigenvalue weighted by Crippen LogP contribution is -1.90. The van der Waals surface area contributed by atoms with E-state index in [-0.39, 0.29) is 0 Å². The van der Waals surface area contributed by atoms with Crippen LogP contribution in [0.3, 0.4) is 0 Å². The van der Waals surface area contributed by atoms with Crippen molar-refractivity contribution in [2.45, 2.75) is 13.3 Å². The van der Waals surface area contributed by atoms with Crippen molar-refractivity contribution in [2.75, 3.05) is 19.0 Å². The molecule has 1 heterocycles. The first-order valence-corrected chi connectivity index (χ1v) is 6.30. The Kier molecular flexibility index (Phi) is 2.71. The molecule has 0 fully saturated rings. The minimum Gasteiger partial charge on any atom is -0.497 e. The highest BCUT2D eigenvalue weighted by Crippen LogP contribution is 2.31. The van der Waals surface area contributed by atoms with Gasteiger partial charge in [0.1, 0.15) is 5.75 Å². The van der Waals surface area contributed by atoms with Gasteiger partial charge in [0, 0.05) is 12.2 Å². The van der Waals surface area contributed by atoms with Gasteiger partial charge in [-0.25, -0.2) is 0 Å². The number of hydrogen-bond acceptors (Lipinski definition) is 2. The maximum absolute atomic E-state index is 5.25. The number of rotatable bonds is 2. The molecule has 0 aromatic heterocycles. The molecule has 0 spiro atoms. The lowest BCUT2D eigenvalue weighted by atomic mass is 9.98. The van der Waals surface area contributed by atoms with Crippen molar-refractivity contribution in [1.82, 2.24) is 0 Å². The minimum atomic E-state index is 0.916. The molecule has 1 aliphatic rings. The summed E-state index contributed by atoms with van der Waals surface area (Å²) in [7, 11) is 1.70. The van der Waals surface area contributed by atoms with Gasteiger partial charge in [-0.2, -0.15) is 0 Å². The summed E-state index contributed by atoms with van der Waals surface area (Å²) in [5.41, 5.74) is 6.52. The molecule has 0 amide bonds. The van der Waals surface area contributed by atoms with Crippen molar-refractivity contribution in [3.05, 3.63) is 47.5 Å². The Labute approximate surface area is 108 Å². The number of anilines is 1. The molecule has 1 aliphatic heterocycles. The number of hydrogen-bond donors (Lipinski definition) is 1. The Balaban J connectivity index is 2.04. The summed E-state index contributed by atoms with van der Waals surface area (Å²) >= 11 is 0. The number of fused-ring (bicyclic) bond motifs is 1. The lowest BCUT2D eigenvalue weighted by molar-refractivity contribution is 0.414. The number of methoxy groups -OCH3 is 1. The molecule has 92 valence electrons. The van der Waals surface area contributed by atoms with E-state index in [9.17, 15) is 0 Å². The van der Waals surface area contributed by atoms with Crippen molar-refractivity contribution >= 4 is 5.69 Å². The predicted octanol–water partition coefficient (Wildman–Crippen LogP) is 3.64. The SMILES string of the molecule is COc1ccc(-c2ccc3c(c2)CCN3)c(C)c1. The van der Waals surface area contributed by atoms with Crippen LogP contribution in [0.1, 0.15) is 11.1 Å². The van der Waals surface area contributed by atoms with E-state index in [1.54, 1.807) is 7.11 Å². The van der Waals surface area contributed by atoms with E-state index in [4.69, 9.17) is 4.74 Å². The molecule has 0 bridgehead atoms. The van der Waals surface area contributed by atoms with Crippen molar-refractivity contribution < 1.29 is 4.74 Å².